The number of benzene rings is 3. The molecular weight excluding hydrogens is 409 g/mol. The number of aryl methyl sites for hydroxylation is 2. The third-order valence-corrected chi connectivity index (χ3v) is 6.80. The number of hydrogen-bond donors (Lipinski definition) is 1. The second-order valence-corrected chi connectivity index (χ2v) is 9.45. The Morgan fingerprint density at radius 1 is 0.897 bits per heavy atom. The molecule has 0 aromatic heterocycles. The number of thioether (sulfide) groups is 1. The Hall–Kier alpha value is -2.35. The van der Waals surface area contributed by atoms with E-state index in [1.807, 2.05) is 44.2 Å². The maximum atomic E-state index is 12.9. The van der Waals surface area contributed by atoms with Crippen molar-refractivity contribution < 1.29 is 17.5 Å². The van der Waals surface area contributed by atoms with Crippen LogP contribution in [0.15, 0.2) is 76.5 Å². The summed E-state index contributed by atoms with van der Waals surface area (Å²) < 4.78 is 46.0. The van der Waals surface area contributed by atoms with Crippen LogP contribution in [0.25, 0.3) is 0 Å². The highest BCUT2D eigenvalue weighted by Gasteiger charge is 2.13. The SMILES string of the molecule is Cc1ccc(S(=O)(=O)NCCSc2ccc(Oc3ccc(F)cc3)cc2)cc1C. The molecule has 0 atom stereocenters. The molecule has 0 saturated heterocycles. The number of rotatable bonds is 8. The molecule has 7 heteroatoms. The molecule has 0 aliphatic carbocycles. The molecule has 3 aromatic carbocycles. The zero-order valence-corrected chi connectivity index (χ0v) is 17.8. The topological polar surface area (TPSA) is 55.4 Å². The first-order valence-corrected chi connectivity index (χ1v) is 11.5. The molecule has 29 heavy (non-hydrogen) atoms. The lowest BCUT2D eigenvalue weighted by Crippen LogP contribution is -2.26. The van der Waals surface area contributed by atoms with Gasteiger partial charge in [0, 0.05) is 17.2 Å². The summed E-state index contributed by atoms with van der Waals surface area (Å²) in [6.07, 6.45) is 0. The molecule has 3 aromatic rings. The fourth-order valence-electron chi connectivity index (χ4n) is 2.55. The van der Waals surface area contributed by atoms with E-state index in [4.69, 9.17) is 4.74 Å². The van der Waals surface area contributed by atoms with Gasteiger partial charge >= 0.3 is 0 Å². The molecule has 0 amide bonds. The van der Waals surface area contributed by atoms with Crippen LogP contribution in [0.3, 0.4) is 0 Å². The lowest BCUT2D eigenvalue weighted by molar-refractivity contribution is 0.480. The van der Waals surface area contributed by atoms with Gasteiger partial charge in [-0.15, -0.1) is 11.8 Å². The Balaban J connectivity index is 1.49. The molecule has 0 unspecified atom stereocenters. The van der Waals surface area contributed by atoms with E-state index in [1.54, 1.807) is 36.0 Å². The van der Waals surface area contributed by atoms with Crippen molar-refractivity contribution >= 4 is 21.8 Å². The molecule has 1 N–H and O–H groups in total. The van der Waals surface area contributed by atoms with Crippen LogP contribution in [-0.2, 0) is 10.0 Å². The molecule has 0 heterocycles. The van der Waals surface area contributed by atoms with Crippen LogP contribution in [0.5, 0.6) is 11.5 Å². The molecule has 0 aliphatic rings. The molecule has 4 nitrogen and oxygen atoms in total. The van der Waals surface area contributed by atoms with Crippen molar-refractivity contribution in [3.05, 3.63) is 83.7 Å². The fraction of sp³-hybridized carbons (Fsp3) is 0.182. The van der Waals surface area contributed by atoms with Crippen molar-refractivity contribution in [1.29, 1.82) is 0 Å². The van der Waals surface area contributed by atoms with Gasteiger partial charge in [0.05, 0.1) is 4.90 Å². The third-order valence-electron chi connectivity index (χ3n) is 4.32. The molecule has 0 spiro atoms. The molecular formula is C22H22FNO3S2. The molecule has 0 fully saturated rings. The molecule has 0 aliphatic heterocycles. The summed E-state index contributed by atoms with van der Waals surface area (Å²) in [7, 11) is -3.51. The van der Waals surface area contributed by atoms with Gasteiger partial charge in [-0.1, -0.05) is 6.07 Å². The van der Waals surface area contributed by atoms with Crippen LogP contribution in [0.1, 0.15) is 11.1 Å². The summed E-state index contributed by atoms with van der Waals surface area (Å²) in [5, 5.41) is 0. The van der Waals surface area contributed by atoms with Gasteiger partial charge < -0.3 is 4.74 Å². The van der Waals surface area contributed by atoms with E-state index in [0.717, 1.165) is 16.0 Å². The van der Waals surface area contributed by atoms with Gasteiger partial charge in [0.1, 0.15) is 17.3 Å². The lowest BCUT2D eigenvalue weighted by atomic mass is 10.1. The Morgan fingerprint density at radius 3 is 2.14 bits per heavy atom. The van der Waals surface area contributed by atoms with E-state index >= 15 is 0 Å². The maximum Gasteiger partial charge on any atom is 0.240 e. The predicted molar refractivity (Wildman–Crippen MR) is 115 cm³/mol. The first kappa shape index (κ1) is 21.4. The van der Waals surface area contributed by atoms with E-state index in [1.165, 1.54) is 12.1 Å². The standard InChI is InChI=1S/C22H22FNO3S2/c1-16-3-12-22(15-17(16)2)29(25,26)24-13-14-28-21-10-8-20(9-11-21)27-19-6-4-18(23)5-7-19/h3-12,15,24H,13-14H2,1-2H3. The van der Waals surface area contributed by atoms with E-state index in [0.29, 0.717) is 23.8 Å². The average Bonchev–Trinajstić information content (AvgIpc) is 2.70. The number of sulfonamides is 1. The summed E-state index contributed by atoms with van der Waals surface area (Å²) in [5.74, 6) is 1.50. The highest BCUT2D eigenvalue weighted by molar-refractivity contribution is 7.99. The van der Waals surface area contributed by atoms with E-state index < -0.39 is 10.0 Å². The second kappa shape index (κ2) is 9.43. The van der Waals surface area contributed by atoms with Crippen molar-refractivity contribution in [3.63, 3.8) is 0 Å². The fourth-order valence-corrected chi connectivity index (χ4v) is 4.57. The van der Waals surface area contributed by atoms with E-state index in [-0.39, 0.29) is 10.7 Å². The highest BCUT2D eigenvalue weighted by atomic mass is 32.2. The highest BCUT2D eigenvalue weighted by Crippen LogP contribution is 2.25. The molecule has 0 saturated carbocycles. The Morgan fingerprint density at radius 2 is 1.52 bits per heavy atom. The van der Waals surface area contributed by atoms with Gasteiger partial charge in [-0.3, -0.25) is 0 Å². The molecule has 0 radical (unpaired) electrons. The van der Waals surface area contributed by atoms with Crippen LogP contribution in [-0.4, -0.2) is 20.7 Å². The summed E-state index contributed by atoms with van der Waals surface area (Å²) in [5.41, 5.74) is 2.01. The van der Waals surface area contributed by atoms with Crippen molar-refractivity contribution in [2.75, 3.05) is 12.3 Å². The smallest absolute Gasteiger partial charge is 0.240 e. The van der Waals surface area contributed by atoms with Gasteiger partial charge in [0.15, 0.2) is 0 Å². The minimum atomic E-state index is -3.51. The first-order chi connectivity index (χ1) is 13.8. The average molecular weight is 432 g/mol. The Kier molecular flexibility index (Phi) is 6.95. The molecule has 3 rings (SSSR count). The van der Waals surface area contributed by atoms with Crippen LogP contribution >= 0.6 is 11.8 Å². The number of halogens is 1. The lowest BCUT2D eigenvalue weighted by Gasteiger charge is -2.09. The van der Waals surface area contributed by atoms with Gasteiger partial charge in [-0.05, 0) is 85.6 Å². The molecule has 0 bridgehead atoms. The first-order valence-electron chi connectivity index (χ1n) is 9.07. The van der Waals surface area contributed by atoms with Gasteiger partial charge in [-0.25, -0.2) is 17.5 Å². The van der Waals surface area contributed by atoms with Crippen molar-refractivity contribution in [2.24, 2.45) is 0 Å². The minimum absolute atomic E-state index is 0.285. The summed E-state index contributed by atoms with van der Waals surface area (Å²) in [6, 6.07) is 18.4. The summed E-state index contributed by atoms with van der Waals surface area (Å²) in [4.78, 5) is 1.29. The predicted octanol–water partition coefficient (Wildman–Crippen LogP) is 5.31. The van der Waals surface area contributed by atoms with E-state index in [9.17, 15) is 12.8 Å². The largest absolute Gasteiger partial charge is 0.457 e. The Labute approximate surface area is 175 Å². The zero-order chi connectivity index (χ0) is 20.9. The third kappa shape index (κ3) is 6.06. The number of ether oxygens (including phenoxy) is 1. The summed E-state index contributed by atoms with van der Waals surface area (Å²) >= 11 is 1.55. The summed E-state index contributed by atoms with van der Waals surface area (Å²) in [6.45, 7) is 4.17. The van der Waals surface area contributed by atoms with E-state index in [2.05, 4.69) is 4.72 Å². The quantitative estimate of drug-likeness (QED) is 0.388. The van der Waals surface area contributed by atoms with Gasteiger partial charge in [0.2, 0.25) is 10.0 Å². The van der Waals surface area contributed by atoms with Crippen LogP contribution in [0.4, 0.5) is 4.39 Å². The van der Waals surface area contributed by atoms with Gasteiger partial charge in [-0.2, -0.15) is 0 Å². The van der Waals surface area contributed by atoms with Crippen molar-refractivity contribution in [1.82, 2.24) is 4.72 Å². The number of nitrogens with one attached hydrogen (secondary N) is 1. The minimum Gasteiger partial charge on any atom is -0.457 e. The molecule has 152 valence electrons. The van der Waals surface area contributed by atoms with Crippen molar-refractivity contribution in [3.8, 4) is 11.5 Å². The monoisotopic (exact) mass is 431 g/mol. The van der Waals surface area contributed by atoms with Gasteiger partial charge in [0.25, 0.3) is 0 Å². The second-order valence-electron chi connectivity index (χ2n) is 6.52. The van der Waals surface area contributed by atoms with Crippen LogP contribution in [0.2, 0.25) is 0 Å². The number of hydrogen-bond acceptors (Lipinski definition) is 4. The maximum absolute atomic E-state index is 12.9. The Bertz CT molecular complexity index is 1070. The van der Waals surface area contributed by atoms with Crippen LogP contribution in [0, 0.1) is 19.7 Å². The normalized spacial score (nSPS) is 11.4. The van der Waals surface area contributed by atoms with Crippen LogP contribution < -0.4 is 9.46 Å². The zero-order valence-electron chi connectivity index (χ0n) is 16.2. The van der Waals surface area contributed by atoms with Crippen molar-refractivity contribution in [2.45, 2.75) is 23.6 Å².